The standard InChI is InChI=1S/C9H12BrN3O2/c10-7-3-11-8(12-4-7)13-9(5-14)1-2-15-6-9/h3-4,14H,1-2,5-6H2,(H,11,12,13). The maximum absolute atomic E-state index is 9.33. The van der Waals surface area contributed by atoms with Crippen molar-refractivity contribution in [1.29, 1.82) is 0 Å². The fourth-order valence-corrected chi connectivity index (χ4v) is 1.69. The third-order valence-corrected chi connectivity index (χ3v) is 2.81. The molecule has 2 N–H and O–H groups in total. The van der Waals surface area contributed by atoms with E-state index in [0.717, 1.165) is 10.9 Å². The fourth-order valence-electron chi connectivity index (χ4n) is 1.48. The molecule has 0 spiro atoms. The molecule has 0 aromatic carbocycles. The van der Waals surface area contributed by atoms with Gasteiger partial charge in [0.1, 0.15) is 0 Å². The van der Waals surface area contributed by atoms with Crippen LogP contribution in [0.2, 0.25) is 0 Å². The molecule has 0 aliphatic carbocycles. The van der Waals surface area contributed by atoms with E-state index in [-0.39, 0.29) is 6.61 Å². The van der Waals surface area contributed by atoms with E-state index < -0.39 is 5.54 Å². The van der Waals surface area contributed by atoms with E-state index in [0.29, 0.717) is 19.2 Å². The van der Waals surface area contributed by atoms with Gasteiger partial charge < -0.3 is 15.2 Å². The van der Waals surface area contributed by atoms with Gasteiger partial charge in [-0.25, -0.2) is 9.97 Å². The number of hydrogen-bond acceptors (Lipinski definition) is 5. The van der Waals surface area contributed by atoms with Gasteiger partial charge >= 0.3 is 0 Å². The summed E-state index contributed by atoms with van der Waals surface area (Å²) in [5.41, 5.74) is -0.423. The first-order valence-corrected chi connectivity index (χ1v) is 5.48. The number of halogens is 1. The molecule has 0 saturated carbocycles. The summed E-state index contributed by atoms with van der Waals surface area (Å²) in [7, 11) is 0. The molecule has 2 rings (SSSR count). The minimum Gasteiger partial charge on any atom is -0.394 e. The van der Waals surface area contributed by atoms with Crippen molar-refractivity contribution in [3.05, 3.63) is 16.9 Å². The van der Waals surface area contributed by atoms with Gasteiger partial charge in [0.05, 0.1) is 23.2 Å². The number of aliphatic hydroxyl groups is 1. The van der Waals surface area contributed by atoms with Gasteiger partial charge in [-0.2, -0.15) is 0 Å². The molecule has 1 unspecified atom stereocenters. The van der Waals surface area contributed by atoms with Crippen molar-refractivity contribution in [3.8, 4) is 0 Å². The van der Waals surface area contributed by atoms with E-state index in [4.69, 9.17) is 4.74 Å². The van der Waals surface area contributed by atoms with Crippen molar-refractivity contribution in [1.82, 2.24) is 9.97 Å². The van der Waals surface area contributed by atoms with Crippen molar-refractivity contribution in [2.24, 2.45) is 0 Å². The van der Waals surface area contributed by atoms with Gasteiger partial charge in [0, 0.05) is 19.0 Å². The summed E-state index contributed by atoms with van der Waals surface area (Å²) in [4.78, 5) is 8.20. The molecule has 1 atom stereocenters. The van der Waals surface area contributed by atoms with Gasteiger partial charge in [-0.15, -0.1) is 0 Å². The van der Waals surface area contributed by atoms with Crippen LogP contribution in [-0.2, 0) is 4.74 Å². The maximum atomic E-state index is 9.33. The first-order chi connectivity index (χ1) is 7.24. The number of aliphatic hydroxyl groups excluding tert-OH is 1. The lowest BCUT2D eigenvalue weighted by molar-refractivity contribution is 0.152. The minimum atomic E-state index is -0.423. The second kappa shape index (κ2) is 4.42. The van der Waals surface area contributed by atoms with E-state index in [2.05, 4.69) is 31.2 Å². The van der Waals surface area contributed by atoms with Crippen molar-refractivity contribution in [2.75, 3.05) is 25.1 Å². The summed E-state index contributed by atoms with van der Waals surface area (Å²) >= 11 is 3.26. The highest BCUT2D eigenvalue weighted by molar-refractivity contribution is 9.10. The Balaban J connectivity index is 2.09. The number of ether oxygens (including phenoxy) is 1. The van der Waals surface area contributed by atoms with Crippen LogP contribution in [0.1, 0.15) is 6.42 Å². The molecule has 1 aromatic rings. The van der Waals surface area contributed by atoms with E-state index in [1.807, 2.05) is 0 Å². The van der Waals surface area contributed by atoms with Crippen LogP contribution >= 0.6 is 15.9 Å². The molecule has 2 heterocycles. The second-order valence-electron chi connectivity index (χ2n) is 3.59. The van der Waals surface area contributed by atoms with Crippen LogP contribution in [0, 0.1) is 0 Å². The third-order valence-electron chi connectivity index (χ3n) is 2.40. The molecule has 0 amide bonds. The lowest BCUT2D eigenvalue weighted by atomic mass is 10.0. The predicted octanol–water partition coefficient (Wildman–Crippen LogP) is 0.802. The Morgan fingerprint density at radius 2 is 2.27 bits per heavy atom. The lowest BCUT2D eigenvalue weighted by Gasteiger charge is -2.25. The second-order valence-corrected chi connectivity index (χ2v) is 4.51. The number of rotatable bonds is 3. The Hall–Kier alpha value is -0.720. The molecule has 15 heavy (non-hydrogen) atoms. The third kappa shape index (κ3) is 2.45. The van der Waals surface area contributed by atoms with Crippen molar-refractivity contribution in [2.45, 2.75) is 12.0 Å². The van der Waals surface area contributed by atoms with Crippen LogP contribution < -0.4 is 5.32 Å². The molecule has 1 aliphatic heterocycles. The molecule has 1 aromatic heterocycles. The van der Waals surface area contributed by atoms with Gasteiger partial charge in [-0.1, -0.05) is 0 Å². The monoisotopic (exact) mass is 273 g/mol. The van der Waals surface area contributed by atoms with E-state index in [1.54, 1.807) is 12.4 Å². The molecule has 1 fully saturated rings. The van der Waals surface area contributed by atoms with Crippen LogP contribution in [0.3, 0.4) is 0 Å². The van der Waals surface area contributed by atoms with E-state index in [1.165, 1.54) is 0 Å². The van der Waals surface area contributed by atoms with Crippen molar-refractivity contribution >= 4 is 21.9 Å². The summed E-state index contributed by atoms with van der Waals surface area (Å²) in [6.45, 7) is 1.17. The van der Waals surface area contributed by atoms with Gasteiger partial charge in [-0.3, -0.25) is 0 Å². The minimum absolute atomic E-state index is 0.0203. The largest absolute Gasteiger partial charge is 0.394 e. The topological polar surface area (TPSA) is 67.3 Å². The average molecular weight is 274 g/mol. The van der Waals surface area contributed by atoms with Crippen LogP contribution in [0.5, 0.6) is 0 Å². The zero-order valence-electron chi connectivity index (χ0n) is 8.11. The highest BCUT2D eigenvalue weighted by atomic mass is 79.9. The van der Waals surface area contributed by atoms with Crippen LogP contribution in [0.25, 0.3) is 0 Å². The molecule has 1 saturated heterocycles. The predicted molar refractivity (Wildman–Crippen MR) is 58.6 cm³/mol. The number of nitrogens with one attached hydrogen (secondary N) is 1. The first kappa shape index (κ1) is 10.8. The van der Waals surface area contributed by atoms with Crippen LogP contribution in [0.15, 0.2) is 16.9 Å². The maximum Gasteiger partial charge on any atom is 0.223 e. The summed E-state index contributed by atoms with van der Waals surface area (Å²) < 4.78 is 6.09. The van der Waals surface area contributed by atoms with Crippen LogP contribution in [0.4, 0.5) is 5.95 Å². The number of aromatic nitrogens is 2. The zero-order chi connectivity index (χ0) is 10.7. The molecule has 0 radical (unpaired) electrons. The van der Waals surface area contributed by atoms with Crippen molar-refractivity contribution < 1.29 is 9.84 Å². The Bertz CT molecular complexity index is 325. The van der Waals surface area contributed by atoms with Gasteiger partial charge in [0.2, 0.25) is 5.95 Å². The number of nitrogens with zero attached hydrogens (tertiary/aromatic N) is 2. The molecule has 0 bridgehead atoms. The molecular formula is C9H12BrN3O2. The Labute approximate surface area is 96.0 Å². The Morgan fingerprint density at radius 3 is 2.80 bits per heavy atom. The molecule has 82 valence electrons. The quantitative estimate of drug-likeness (QED) is 0.853. The van der Waals surface area contributed by atoms with Crippen molar-refractivity contribution in [3.63, 3.8) is 0 Å². The van der Waals surface area contributed by atoms with Gasteiger partial charge in [-0.05, 0) is 22.4 Å². The average Bonchev–Trinajstić information content (AvgIpc) is 2.71. The molecule has 5 nitrogen and oxygen atoms in total. The van der Waals surface area contributed by atoms with E-state index >= 15 is 0 Å². The summed E-state index contributed by atoms with van der Waals surface area (Å²) in [6.07, 6.45) is 4.09. The summed E-state index contributed by atoms with van der Waals surface area (Å²) in [5, 5.41) is 12.4. The molecule has 6 heteroatoms. The lowest BCUT2D eigenvalue weighted by Crippen LogP contribution is -2.43. The Kier molecular flexibility index (Phi) is 3.18. The van der Waals surface area contributed by atoms with Gasteiger partial charge in [0.25, 0.3) is 0 Å². The molecule has 1 aliphatic rings. The number of anilines is 1. The highest BCUT2D eigenvalue weighted by Crippen LogP contribution is 2.22. The van der Waals surface area contributed by atoms with E-state index in [9.17, 15) is 5.11 Å². The normalized spacial score (nSPS) is 25.5. The smallest absolute Gasteiger partial charge is 0.223 e. The zero-order valence-corrected chi connectivity index (χ0v) is 9.70. The SMILES string of the molecule is OCC1(Nc2ncc(Br)cn2)CCOC1. The summed E-state index contributed by atoms with van der Waals surface area (Å²) in [5.74, 6) is 0.512. The van der Waals surface area contributed by atoms with Crippen LogP contribution in [-0.4, -0.2) is 40.4 Å². The molecular weight excluding hydrogens is 262 g/mol. The van der Waals surface area contributed by atoms with Gasteiger partial charge in [0.15, 0.2) is 0 Å². The Morgan fingerprint density at radius 1 is 1.53 bits per heavy atom. The highest BCUT2D eigenvalue weighted by Gasteiger charge is 2.34. The fraction of sp³-hybridized carbons (Fsp3) is 0.556. The summed E-state index contributed by atoms with van der Waals surface area (Å²) in [6, 6.07) is 0. The first-order valence-electron chi connectivity index (χ1n) is 4.68. The number of hydrogen-bond donors (Lipinski definition) is 2.